The van der Waals surface area contributed by atoms with Gasteiger partial charge in [-0.1, -0.05) is 220 Å². The van der Waals surface area contributed by atoms with Crippen molar-refractivity contribution in [2.24, 2.45) is 0 Å². The highest BCUT2D eigenvalue weighted by Gasteiger charge is 2.12. The van der Waals surface area contributed by atoms with Crippen molar-refractivity contribution >= 4 is 5.91 Å². The van der Waals surface area contributed by atoms with Crippen LogP contribution in [-0.2, 0) is 4.79 Å². The van der Waals surface area contributed by atoms with E-state index >= 15 is 0 Å². The number of unbranched alkanes of at least 4 members (excludes halogenated alkanes) is 32. The van der Waals surface area contributed by atoms with Crippen molar-refractivity contribution < 1.29 is 9.90 Å². The van der Waals surface area contributed by atoms with Gasteiger partial charge >= 0.3 is 0 Å². The minimum absolute atomic E-state index is 0.129. The van der Waals surface area contributed by atoms with Crippen molar-refractivity contribution in [1.29, 1.82) is 0 Å². The van der Waals surface area contributed by atoms with Crippen LogP contribution in [0.25, 0.3) is 0 Å². The molecule has 336 valence electrons. The second-order valence-electron chi connectivity index (χ2n) is 17.7. The zero-order valence-corrected chi connectivity index (χ0v) is 38.7. The van der Waals surface area contributed by atoms with E-state index in [0.717, 1.165) is 45.7 Å². The number of hydrogen-bond acceptors (Lipinski definition) is 5. The highest BCUT2D eigenvalue weighted by atomic mass is 16.3. The monoisotopic (exact) mass is 793 g/mol. The standard InChI is InChI=1S/C50H104N4O2/c1-4-7-10-13-16-19-22-24-26-29-32-35-41-51-42-37-39-46-54(45-38-34-31-28-25-23-20-17-14-11-8-5-2)48-49(55)47-52-44-40-50(56)53-43-36-33-30-27-21-18-15-12-9-6-3/h49,51-52,55H,4-48H2,1-3H3,(H,53,56). The highest BCUT2D eigenvalue weighted by Crippen LogP contribution is 2.14. The summed E-state index contributed by atoms with van der Waals surface area (Å²) in [5.74, 6) is 0.129. The molecule has 6 nitrogen and oxygen atoms in total. The van der Waals surface area contributed by atoms with Crippen LogP contribution in [0, 0.1) is 0 Å². The second kappa shape index (κ2) is 48.7. The average Bonchev–Trinajstić information content (AvgIpc) is 3.20. The Kier molecular flexibility index (Phi) is 48.1. The first-order valence-corrected chi connectivity index (χ1v) is 25.7. The van der Waals surface area contributed by atoms with Crippen molar-refractivity contribution in [3.63, 3.8) is 0 Å². The molecule has 1 atom stereocenters. The zero-order valence-electron chi connectivity index (χ0n) is 38.7. The minimum Gasteiger partial charge on any atom is -0.390 e. The quantitative estimate of drug-likeness (QED) is 0.0462. The van der Waals surface area contributed by atoms with Gasteiger partial charge in [-0.3, -0.25) is 4.79 Å². The zero-order chi connectivity index (χ0) is 40.7. The van der Waals surface area contributed by atoms with Gasteiger partial charge in [0.15, 0.2) is 0 Å². The van der Waals surface area contributed by atoms with Crippen molar-refractivity contribution in [2.75, 3.05) is 52.4 Å². The normalized spacial score (nSPS) is 12.2. The lowest BCUT2D eigenvalue weighted by Gasteiger charge is -2.25. The summed E-state index contributed by atoms with van der Waals surface area (Å²) in [6.45, 7) is 14.0. The maximum Gasteiger partial charge on any atom is 0.221 e. The molecule has 0 aliphatic heterocycles. The number of aliphatic hydroxyl groups excluding tert-OH is 1. The number of carbonyl (C=O) groups excluding carboxylic acids is 1. The summed E-state index contributed by atoms with van der Waals surface area (Å²) < 4.78 is 0. The number of amides is 1. The molecule has 1 unspecified atom stereocenters. The Morgan fingerprint density at radius 1 is 0.411 bits per heavy atom. The van der Waals surface area contributed by atoms with Crippen LogP contribution in [0.1, 0.15) is 258 Å². The maximum absolute atomic E-state index is 12.3. The summed E-state index contributed by atoms with van der Waals surface area (Å²) in [6.07, 6.45) is 49.0. The molecule has 56 heavy (non-hydrogen) atoms. The summed E-state index contributed by atoms with van der Waals surface area (Å²) >= 11 is 0. The van der Waals surface area contributed by atoms with E-state index in [4.69, 9.17) is 0 Å². The van der Waals surface area contributed by atoms with E-state index in [1.54, 1.807) is 0 Å². The summed E-state index contributed by atoms with van der Waals surface area (Å²) in [5.41, 5.74) is 0. The maximum atomic E-state index is 12.3. The lowest BCUT2D eigenvalue weighted by molar-refractivity contribution is -0.121. The van der Waals surface area contributed by atoms with Gasteiger partial charge in [0, 0.05) is 32.6 Å². The summed E-state index contributed by atoms with van der Waals surface area (Å²) in [7, 11) is 0. The molecule has 4 N–H and O–H groups in total. The lowest BCUT2D eigenvalue weighted by Crippen LogP contribution is -2.40. The van der Waals surface area contributed by atoms with Crippen LogP contribution >= 0.6 is 0 Å². The third-order valence-corrected chi connectivity index (χ3v) is 11.8. The third-order valence-electron chi connectivity index (χ3n) is 11.8. The molecule has 0 bridgehead atoms. The number of rotatable bonds is 49. The van der Waals surface area contributed by atoms with Gasteiger partial charge in [0.05, 0.1) is 6.10 Å². The van der Waals surface area contributed by atoms with E-state index < -0.39 is 6.10 Å². The minimum atomic E-state index is -0.397. The van der Waals surface area contributed by atoms with Gasteiger partial charge < -0.3 is 26.0 Å². The molecule has 0 aromatic rings. The van der Waals surface area contributed by atoms with Crippen molar-refractivity contribution in [3.8, 4) is 0 Å². The molecular formula is C50H104N4O2. The van der Waals surface area contributed by atoms with E-state index in [2.05, 4.69) is 41.6 Å². The largest absolute Gasteiger partial charge is 0.390 e. The molecule has 0 spiro atoms. The van der Waals surface area contributed by atoms with Crippen molar-refractivity contribution in [1.82, 2.24) is 20.9 Å². The Labute approximate surface area is 352 Å². The van der Waals surface area contributed by atoms with E-state index in [-0.39, 0.29) is 5.91 Å². The molecule has 0 aromatic carbocycles. The Hall–Kier alpha value is -0.690. The van der Waals surface area contributed by atoms with Crippen LogP contribution in [0.5, 0.6) is 0 Å². The van der Waals surface area contributed by atoms with Gasteiger partial charge in [0.1, 0.15) is 0 Å². The number of aliphatic hydroxyl groups is 1. The van der Waals surface area contributed by atoms with E-state index in [0.29, 0.717) is 19.5 Å². The average molecular weight is 793 g/mol. The first kappa shape index (κ1) is 55.3. The van der Waals surface area contributed by atoms with Crippen LogP contribution < -0.4 is 16.0 Å². The summed E-state index contributed by atoms with van der Waals surface area (Å²) in [4.78, 5) is 14.8. The predicted octanol–water partition coefficient (Wildman–Crippen LogP) is 13.4. The predicted molar refractivity (Wildman–Crippen MR) is 249 cm³/mol. The topological polar surface area (TPSA) is 76.6 Å². The molecule has 0 saturated heterocycles. The molecular weight excluding hydrogens is 689 g/mol. The molecule has 0 fully saturated rings. The molecule has 0 rings (SSSR count). The lowest BCUT2D eigenvalue weighted by atomic mass is 10.1. The fourth-order valence-corrected chi connectivity index (χ4v) is 8.03. The van der Waals surface area contributed by atoms with E-state index in [1.807, 2.05) is 0 Å². The first-order chi connectivity index (χ1) is 27.6. The van der Waals surface area contributed by atoms with Crippen LogP contribution in [0.15, 0.2) is 0 Å². The van der Waals surface area contributed by atoms with Gasteiger partial charge in [-0.15, -0.1) is 0 Å². The van der Waals surface area contributed by atoms with E-state index in [9.17, 15) is 9.90 Å². The van der Waals surface area contributed by atoms with Gasteiger partial charge in [-0.2, -0.15) is 0 Å². The van der Waals surface area contributed by atoms with Gasteiger partial charge in [0.25, 0.3) is 0 Å². The third kappa shape index (κ3) is 46.0. The Morgan fingerprint density at radius 2 is 0.732 bits per heavy atom. The molecule has 0 heterocycles. The fourth-order valence-electron chi connectivity index (χ4n) is 8.03. The number of nitrogens with zero attached hydrogens (tertiary/aromatic N) is 1. The SMILES string of the molecule is CCCCCCCCCCCCCCNCCCCN(CCCCCCCCCCCCCC)CC(O)CNCCC(=O)NCCCCCCCCCCCC. The number of nitrogens with one attached hydrogen (secondary N) is 3. The molecule has 1 amide bonds. The van der Waals surface area contributed by atoms with Gasteiger partial charge in [0.2, 0.25) is 5.91 Å². The molecule has 0 saturated carbocycles. The molecule has 6 heteroatoms. The summed E-state index contributed by atoms with van der Waals surface area (Å²) in [6, 6.07) is 0. The van der Waals surface area contributed by atoms with Crippen LogP contribution in [-0.4, -0.2) is 74.4 Å². The molecule has 0 aliphatic rings. The van der Waals surface area contributed by atoms with Crippen LogP contribution in [0.4, 0.5) is 0 Å². The number of carbonyl (C=O) groups is 1. The van der Waals surface area contributed by atoms with Gasteiger partial charge in [-0.25, -0.2) is 0 Å². The van der Waals surface area contributed by atoms with Crippen molar-refractivity contribution in [3.05, 3.63) is 0 Å². The molecule has 0 aliphatic carbocycles. The Morgan fingerprint density at radius 3 is 1.14 bits per heavy atom. The Bertz CT molecular complexity index is 738. The van der Waals surface area contributed by atoms with E-state index in [1.165, 1.54) is 225 Å². The fraction of sp³-hybridized carbons (Fsp3) is 0.980. The van der Waals surface area contributed by atoms with Crippen molar-refractivity contribution in [2.45, 2.75) is 264 Å². The summed E-state index contributed by atoms with van der Waals surface area (Å²) in [5, 5.41) is 21.1. The van der Waals surface area contributed by atoms with Crippen LogP contribution in [0.2, 0.25) is 0 Å². The first-order valence-electron chi connectivity index (χ1n) is 25.7. The van der Waals surface area contributed by atoms with Gasteiger partial charge in [-0.05, 0) is 58.3 Å². The number of hydrogen-bond donors (Lipinski definition) is 4. The smallest absolute Gasteiger partial charge is 0.221 e. The van der Waals surface area contributed by atoms with Crippen LogP contribution in [0.3, 0.4) is 0 Å². The molecule has 0 radical (unpaired) electrons. The molecule has 0 aromatic heterocycles. The highest BCUT2D eigenvalue weighted by molar-refractivity contribution is 5.75. The Balaban J connectivity index is 4.12. The second-order valence-corrected chi connectivity index (χ2v) is 17.7.